The van der Waals surface area contributed by atoms with Crippen molar-refractivity contribution in [1.82, 2.24) is 0 Å². The Morgan fingerprint density at radius 2 is 2.00 bits per heavy atom. The van der Waals surface area contributed by atoms with Gasteiger partial charge in [0.15, 0.2) is 5.54 Å². The molecule has 2 aromatic carbocycles. The van der Waals surface area contributed by atoms with Gasteiger partial charge in [-0.25, -0.2) is 4.39 Å². The fraction of sp³-hybridized carbons (Fsp3) is 0.188. The van der Waals surface area contributed by atoms with E-state index in [0.717, 1.165) is 15.7 Å². The molecule has 0 heterocycles. The molecular formula is C16H12BrFN2. The number of nitriles is 1. The highest BCUT2D eigenvalue weighted by atomic mass is 79.9. The molecule has 0 saturated carbocycles. The van der Waals surface area contributed by atoms with Crippen molar-refractivity contribution < 1.29 is 4.39 Å². The van der Waals surface area contributed by atoms with Crippen LogP contribution in [-0.4, -0.2) is 0 Å². The zero-order valence-electron chi connectivity index (χ0n) is 10.7. The summed E-state index contributed by atoms with van der Waals surface area (Å²) in [6, 6.07) is 14.9. The van der Waals surface area contributed by atoms with E-state index in [1.165, 1.54) is 6.07 Å². The highest BCUT2D eigenvalue weighted by Crippen LogP contribution is 2.41. The molecule has 0 spiro atoms. The predicted molar refractivity (Wildman–Crippen MR) is 79.8 cm³/mol. The van der Waals surface area contributed by atoms with Crippen molar-refractivity contribution in [1.29, 1.82) is 5.26 Å². The van der Waals surface area contributed by atoms with Gasteiger partial charge in [0.2, 0.25) is 0 Å². The maximum atomic E-state index is 13.8. The lowest BCUT2D eigenvalue weighted by molar-refractivity contribution is 0.609. The molecule has 0 aromatic heterocycles. The Morgan fingerprint density at radius 3 is 2.75 bits per heavy atom. The Labute approximate surface area is 125 Å². The molecular weight excluding hydrogens is 319 g/mol. The number of anilines is 1. The first-order valence-corrected chi connectivity index (χ1v) is 7.17. The molecule has 0 amide bonds. The van der Waals surface area contributed by atoms with Gasteiger partial charge in [-0.05, 0) is 58.1 Å². The molecule has 1 atom stereocenters. The monoisotopic (exact) mass is 330 g/mol. The van der Waals surface area contributed by atoms with Crippen molar-refractivity contribution in [3.63, 3.8) is 0 Å². The Hall–Kier alpha value is -1.86. The number of para-hydroxylation sites is 1. The topological polar surface area (TPSA) is 35.8 Å². The summed E-state index contributed by atoms with van der Waals surface area (Å²) in [6.07, 6.45) is 1.15. The summed E-state index contributed by atoms with van der Waals surface area (Å²) in [5.41, 5.74) is 1.37. The van der Waals surface area contributed by atoms with E-state index < -0.39 is 5.54 Å². The second-order valence-corrected chi connectivity index (χ2v) is 5.74. The van der Waals surface area contributed by atoms with Crippen molar-refractivity contribution in [2.75, 3.05) is 5.32 Å². The Bertz CT molecular complexity index is 708. The van der Waals surface area contributed by atoms with Crippen LogP contribution in [0, 0.1) is 17.1 Å². The largest absolute Gasteiger partial charge is 0.363 e. The van der Waals surface area contributed by atoms with Crippen molar-refractivity contribution >= 4 is 21.6 Å². The number of nitrogens with one attached hydrogen (secondary N) is 1. The third kappa shape index (κ3) is 1.99. The van der Waals surface area contributed by atoms with Gasteiger partial charge in [0.25, 0.3) is 0 Å². The lowest BCUT2D eigenvalue weighted by atomic mass is 9.93. The number of nitrogens with zero attached hydrogens (tertiary/aromatic N) is 1. The van der Waals surface area contributed by atoms with Gasteiger partial charge in [-0.3, -0.25) is 0 Å². The standard InChI is InChI=1S/C16H12BrFN2/c17-13-5-1-2-7-15(13)20-16(10-19)9-8-11-12(16)4-3-6-14(11)18/h1-7,20H,8-9H2. The second-order valence-electron chi connectivity index (χ2n) is 4.89. The van der Waals surface area contributed by atoms with Gasteiger partial charge in [-0.15, -0.1) is 0 Å². The Balaban J connectivity index is 2.07. The minimum atomic E-state index is -0.860. The van der Waals surface area contributed by atoms with Crippen molar-refractivity contribution in [3.05, 3.63) is 63.9 Å². The summed E-state index contributed by atoms with van der Waals surface area (Å²) in [6.45, 7) is 0. The average molecular weight is 331 g/mol. The third-order valence-electron chi connectivity index (χ3n) is 3.74. The van der Waals surface area contributed by atoms with Crippen LogP contribution in [0.15, 0.2) is 46.9 Å². The SMILES string of the molecule is N#CC1(Nc2ccccc2Br)CCc2c(F)cccc21. The maximum absolute atomic E-state index is 13.8. The first-order chi connectivity index (χ1) is 9.66. The van der Waals surface area contributed by atoms with Crippen LogP contribution < -0.4 is 5.32 Å². The van der Waals surface area contributed by atoms with Gasteiger partial charge < -0.3 is 5.32 Å². The number of benzene rings is 2. The van der Waals surface area contributed by atoms with E-state index in [1.807, 2.05) is 30.3 Å². The molecule has 4 heteroatoms. The number of halogens is 2. The van der Waals surface area contributed by atoms with E-state index in [4.69, 9.17) is 0 Å². The summed E-state index contributed by atoms with van der Waals surface area (Å²) in [7, 11) is 0. The van der Waals surface area contributed by atoms with E-state index in [-0.39, 0.29) is 5.82 Å². The zero-order chi connectivity index (χ0) is 14.2. The van der Waals surface area contributed by atoms with Gasteiger partial charge >= 0.3 is 0 Å². The molecule has 0 radical (unpaired) electrons. The van der Waals surface area contributed by atoms with Crippen LogP contribution in [0.3, 0.4) is 0 Å². The summed E-state index contributed by atoms with van der Waals surface area (Å²) in [5.74, 6) is -0.228. The van der Waals surface area contributed by atoms with Crippen LogP contribution in [0.5, 0.6) is 0 Å². The van der Waals surface area contributed by atoms with E-state index in [1.54, 1.807) is 6.07 Å². The number of fused-ring (bicyclic) bond motifs is 1. The molecule has 1 aliphatic rings. The number of rotatable bonds is 2. The van der Waals surface area contributed by atoms with Crippen molar-refractivity contribution in [2.24, 2.45) is 0 Å². The molecule has 3 rings (SSSR count). The average Bonchev–Trinajstić information content (AvgIpc) is 2.83. The van der Waals surface area contributed by atoms with Crippen LogP contribution in [0.25, 0.3) is 0 Å². The number of hydrogen-bond acceptors (Lipinski definition) is 2. The van der Waals surface area contributed by atoms with E-state index in [9.17, 15) is 9.65 Å². The van der Waals surface area contributed by atoms with Crippen LogP contribution in [0.1, 0.15) is 17.5 Å². The molecule has 2 aromatic rings. The van der Waals surface area contributed by atoms with E-state index in [0.29, 0.717) is 18.4 Å². The van der Waals surface area contributed by atoms with Crippen LogP contribution in [0.4, 0.5) is 10.1 Å². The highest BCUT2D eigenvalue weighted by molar-refractivity contribution is 9.10. The molecule has 1 N–H and O–H groups in total. The molecule has 1 unspecified atom stereocenters. The summed E-state index contributed by atoms with van der Waals surface area (Å²) in [4.78, 5) is 0. The van der Waals surface area contributed by atoms with Gasteiger partial charge in [0.1, 0.15) is 5.82 Å². The zero-order valence-corrected chi connectivity index (χ0v) is 12.2. The molecule has 1 aliphatic carbocycles. The fourth-order valence-corrected chi connectivity index (χ4v) is 3.11. The first-order valence-electron chi connectivity index (χ1n) is 6.38. The molecule has 0 bridgehead atoms. The molecule has 2 nitrogen and oxygen atoms in total. The molecule has 0 saturated heterocycles. The lowest BCUT2D eigenvalue weighted by Gasteiger charge is -2.26. The minimum Gasteiger partial charge on any atom is -0.363 e. The van der Waals surface area contributed by atoms with Crippen molar-refractivity contribution in [2.45, 2.75) is 18.4 Å². The minimum absolute atomic E-state index is 0.228. The number of hydrogen-bond donors (Lipinski definition) is 1. The molecule has 0 aliphatic heterocycles. The smallest absolute Gasteiger partial charge is 0.151 e. The van der Waals surface area contributed by atoms with E-state index in [2.05, 4.69) is 27.3 Å². The Kier molecular flexibility index (Phi) is 3.23. The first kappa shape index (κ1) is 13.1. The quantitative estimate of drug-likeness (QED) is 0.887. The van der Waals surface area contributed by atoms with Crippen LogP contribution in [0.2, 0.25) is 0 Å². The Morgan fingerprint density at radius 1 is 1.20 bits per heavy atom. The van der Waals surface area contributed by atoms with E-state index >= 15 is 0 Å². The summed E-state index contributed by atoms with van der Waals surface area (Å²) >= 11 is 3.47. The second kappa shape index (κ2) is 4.92. The highest BCUT2D eigenvalue weighted by Gasteiger charge is 2.40. The lowest BCUT2D eigenvalue weighted by Crippen LogP contribution is -2.31. The normalized spacial score (nSPS) is 20.2. The van der Waals surface area contributed by atoms with Crippen LogP contribution in [-0.2, 0) is 12.0 Å². The maximum Gasteiger partial charge on any atom is 0.151 e. The summed E-state index contributed by atoms with van der Waals surface area (Å²) < 4.78 is 14.7. The van der Waals surface area contributed by atoms with Gasteiger partial charge in [-0.2, -0.15) is 5.26 Å². The molecule has 20 heavy (non-hydrogen) atoms. The molecule has 0 fully saturated rings. The third-order valence-corrected chi connectivity index (χ3v) is 4.43. The van der Waals surface area contributed by atoms with Gasteiger partial charge in [-0.1, -0.05) is 24.3 Å². The predicted octanol–water partition coefficient (Wildman–Crippen LogP) is 4.37. The van der Waals surface area contributed by atoms with Gasteiger partial charge in [0.05, 0.1) is 6.07 Å². The van der Waals surface area contributed by atoms with Crippen molar-refractivity contribution in [3.8, 4) is 6.07 Å². The fourth-order valence-electron chi connectivity index (χ4n) is 2.73. The molecule has 100 valence electrons. The van der Waals surface area contributed by atoms with Crippen LogP contribution >= 0.6 is 15.9 Å². The van der Waals surface area contributed by atoms with Gasteiger partial charge in [0, 0.05) is 10.2 Å². The summed E-state index contributed by atoms with van der Waals surface area (Å²) in [5, 5.41) is 12.9.